The molecule has 0 radical (unpaired) electrons. The fourth-order valence-electron chi connectivity index (χ4n) is 0. The molecule has 0 saturated carbocycles. The summed E-state index contributed by atoms with van der Waals surface area (Å²) >= 11 is 4.82. The van der Waals surface area contributed by atoms with Gasteiger partial charge in [-0.1, -0.05) is 0 Å². The Morgan fingerprint density at radius 3 is 2.00 bits per heavy atom. The fraction of sp³-hybridized carbons (Fsp3) is 1.00. The van der Waals surface area contributed by atoms with Gasteiger partial charge in [0.05, 0.1) is 5.62 Å². The molecule has 5 heteroatoms. The monoisotopic (exact) mass is 150 g/mol. The van der Waals surface area contributed by atoms with Crippen molar-refractivity contribution in [2.24, 2.45) is 0 Å². The van der Waals surface area contributed by atoms with Crippen LogP contribution in [0.4, 0.5) is 0 Å². The maximum absolute atomic E-state index is 9.42. The summed E-state index contributed by atoms with van der Waals surface area (Å²) in [6.45, 7) is 0. The summed E-state index contributed by atoms with van der Waals surface area (Å²) in [5, 5.41) is 0. The molecule has 0 heterocycles. The van der Waals surface area contributed by atoms with E-state index in [1.807, 2.05) is 0 Å². The first kappa shape index (κ1) is 9.91. The van der Waals surface area contributed by atoms with Crippen LogP contribution in [-0.4, -0.2) is 10.5 Å². The summed E-state index contributed by atoms with van der Waals surface area (Å²) in [5.41, 5.74) is -0.120. The third-order valence-electron chi connectivity index (χ3n) is 0.114. The molecule has 1 atom stereocenters. The minimum atomic E-state index is -2.36. The quantitative estimate of drug-likeness (QED) is 0.449. The summed E-state index contributed by atoms with van der Waals surface area (Å²) < 4.78 is 9.42. The van der Waals surface area contributed by atoms with Crippen molar-refractivity contribution in [1.82, 2.24) is 0 Å². The third-order valence-corrected chi connectivity index (χ3v) is 1.03. The molecule has 2 nitrogen and oxygen atoms in total. The van der Waals surface area contributed by atoms with Crippen LogP contribution < -0.4 is 0 Å². The number of halogens is 2. The average molecular weight is 151 g/mol. The van der Waals surface area contributed by atoms with Crippen LogP contribution in [0.25, 0.3) is 0 Å². The van der Waals surface area contributed by atoms with Gasteiger partial charge in [-0.25, -0.2) is 0 Å². The molecule has 6 heavy (non-hydrogen) atoms. The van der Waals surface area contributed by atoms with E-state index in [0.717, 1.165) is 0 Å². The first-order chi connectivity index (χ1) is 2.27. The molecule has 0 aromatic carbocycles. The Labute approximate surface area is 47.8 Å². The fourth-order valence-corrected chi connectivity index (χ4v) is 0. The summed E-state index contributed by atoms with van der Waals surface area (Å²) in [7, 11) is -2.36. The zero-order chi connectivity index (χ0) is 4.28. The number of rotatable bonds is 1. The highest BCUT2D eigenvalue weighted by atomic mass is 35.5. The van der Waals surface area contributed by atoms with Crippen molar-refractivity contribution in [1.29, 1.82) is 0 Å². The highest BCUT2D eigenvalue weighted by Gasteiger charge is 1.78. The standard InChI is InChI=1S/CH4ClO2P.ClH/c2-1-5(3)4;/h5H,1H2,(H,3,4);1H. The van der Waals surface area contributed by atoms with Gasteiger partial charge in [0, 0.05) is 0 Å². The lowest BCUT2D eigenvalue weighted by Crippen LogP contribution is -1.50. The van der Waals surface area contributed by atoms with Gasteiger partial charge in [-0.15, -0.1) is 24.0 Å². The van der Waals surface area contributed by atoms with Gasteiger partial charge in [-0.05, 0) is 0 Å². The molecule has 40 valence electrons. The average Bonchev–Trinajstić information content (AvgIpc) is 1.38. The van der Waals surface area contributed by atoms with Crippen molar-refractivity contribution < 1.29 is 9.46 Å². The van der Waals surface area contributed by atoms with Gasteiger partial charge in [0.1, 0.15) is 0 Å². The molecule has 0 aliphatic carbocycles. The second-order valence-corrected chi connectivity index (χ2v) is 2.38. The van der Waals surface area contributed by atoms with Crippen LogP contribution in [0.5, 0.6) is 0 Å². The lowest BCUT2D eigenvalue weighted by molar-refractivity contribution is 0.508. The molecule has 0 aromatic rings. The summed E-state index contributed by atoms with van der Waals surface area (Å²) in [5.74, 6) is 0. The van der Waals surface area contributed by atoms with E-state index in [-0.39, 0.29) is 18.0 Å². The Morgan fingerprint density at radius 1 is 1.83 bits per heavy atom. The molecule has 1 unspecified atom stereocenters. The van der Waals surface area contributed by atoms with Crippen molar-refractivity contribution in [2.45, 2.75) is 0 Å². The lowest BCUT2D eigenvalue weighted by atomic mass is 11.9. The van der Waals surface area contributed by atoms with E-state index in [4.69, 9.17) is 16.5 Å². The van der Waals surface area contributed by atoms with Gasteiger partial charge >= 0.3 is 0 Å². The van der Waals surface area contributed by atoms with Crippen LogP contribution in [0.2, 0.25) is 0 Å². The SMILES string of the molecule is Cl.O=[PH](O)CCl. The van der Waals surface area contributed by atoms with Crippen molar-refractivity contribution >= 4 is 32.0 Å². The highest BCUT2D eigenvalue weighted by molar-refractivity contribution is 7.40. The van der Waals surface area contributed by atoms with E-state index in [9.17, 15) is 4.57 Å². The van der Waals surface area contributed by atoms with Crippen LogP contribution in [0.15, 0.2) is 0 Å². The number of hydrogen-bond donors (Lipinski definition) is 1. The zero-order valence-electron chi connectivity index (χ0n) is 2.85. The van der Waals surface area contributed by atoms with Crippen molar-refractivity contribution in [3.8, 4) is 0 Å². The van der Waals surface area contributed by atoms with Gasteiger partial charge in [-0.3, -0.25) is 4.57 Å². The molecular weight excluding hydrogens is 146 g/mol. The largest absolute Gasteiger partial charge is 0.345 e. The van der Waals surface area contributed by atoms with Crippen LogP contribution in [-0.2, 0) is 4.57 Å². The topological polar surface area (TPSA) is 37.3 Å². The van der Waals surface area contributed by atoms with Crippen LogP contribution in [0.1, 0.15) is 0 Å². The molecule has 1 N–H and O–H groups in total. The third kappa shape index (κ3) is 8.84. The Kier molecular flexibility index (Phi) is 9.53. The van der Waals surface area contributed by atoms with Gasteiger partial charge in [0.25, 0.3) is 0 Å². The van der Waals surface area contributed by atoms with Gasteiger partial charge in [0.15, 0.2) is 0 Å². The molecule has 0 saturated heterocycles. The molecule has 0 aliphatic rings. The first-order valence-electron chi connectivity index (χ1n) is 1.05. The summed E-state index contributed by atoms with van der Waals surface area (Å²) in [4.78, 5) is 7.78. The smallest absolute Gasteiger partial charge is 0.203 e. The highest BCUT2D eigenvalue weighted by Crippen LogP contribution is 2.12. The van der Waals surface area contributed by atoms with Crippen LogP contribution >= 0.6 is 32.0 Å². The molecular formula is CH5Cl2O2P. The Balaban J connectivity index is 0. The van der Waals surface area contributed by atoms with Crippen molar-refractivity contribution in [3.63, 3.8) is 0 Å². The minimum absolute atomic E-state index is 0. The van der Waals surface area contributed by atoms with E-state index in [2.05, 4.69) is 0 Å². The molecule has 0 spiro atoms. The maximum Gasteiger partial charge on any atom is 0.203 e. The molecule has 0 rings (SSSR count). The molecule has 0 aliphatic heterocycles. The van der Waals surface area contributed by atoms with Crippen LogP contribution in [0, 0.1) is 0 Å². The lowest BCUT2D eigenvalue weighted by Gasteiger charge is -1.72. The van der Waals surface area contributed by atoms with Gasteiger partial charge < -0.3 is 4.89 Å². The van der Waals surface area contributed by atoms with Crippen molar-refractivity contribution in [2.75, 3.05) is 5.62 Å². The second kappa shape index (κ2) is 5.77. The molecule has 0 aromatic heterocycles. The van der Waals surface area contributed by atoms with Crippen LogP contribution in [0.3, 0.4) is 0 Å². The first-order valence-corrected chi connectivity index (χ1v) is 3.15. The van der Waals surface area contributed by atoms with E-state index in [1.165, 1.54) is 0 Å². The molecule has 0 amide bonds. The predicted molar refractivity (Wildman–Crippen MR) is 29.2 cm³/mol. The molecule has 0 fully saturated rings. The van der Waals surface area contributed by atoms with Gasteiger partial charge in [0.2, 0.25) is 8.03 Å². The molecule has 0 bridgehead atoms. The number of alkyl halides is 1. The maximum atomic E-state index is 9.42. The van der Waals surface area contributed by atoms with E-state index < -0.39 is 8.03 Å². The minimum Gasteiger partial charge on any atom is -0.345 e. The second-order valence-electron chi connectivity index (χ2n) is 0.527. The zero-order valence-corrected chi connectivity index (χ0v) is 5.42. The van der Waals surface area contributed by atoms with Crippen molar-refractivity contribution in [3.05, 3.63) is 0 Å². The predicted octanol–water partition coefficient (Wildman–Crippen LogP) is 1.07. The van der Waals surface area contributed by atoms with Gasteiger partial charge in [-0.2, -0.15) is 0 Å². The van der Waals surface area contributed by atoms with E-state index in [1.54, 1.807) is 0 Å². The van der Waals surface area contributed by atoms with E-state index in [0.29, 0.717) is 0 Å². The summed E-state index contributed by atoms with van der Waals surface area (Å²) in [6.07, 6.45) is 0. The van der Waals surface area contributed by atoms with E-state index >= 15 is 0 Å². The normalized spacial score (nSPS) is 12.3. The Hall–Kier alpha value is 0.770. The Morgan fingerprint density at radius 2 is 2.00 bits per heavy atom. The summed E-state index contributed by atoms with van der Waals surface area (Å²) in [6, 6.07) is 0. The number of hydrogen-bond acceptors (Lipinski definition) is 1. The Bertz CT molecular complexity index is 46.8.